The molecule has 0 atom stereocenters. The third kappa shape index (κ3) is 7.72. The molecule has 1 saturated carbocycles. The van der Waals surface area contributed by atoms with Crippen LogP contribution in [0.3, 0.4) is 0 Å². The van der Waals surface area contributed by atoms with E-state index in [2.05, 4.69) is 6.92 Å². The first-order chi connectivity index (χ1) is 15.9. The highest BCUT2D eigenvalue weighted by Crippen LogP contribution is 3.02. The largest absolute Gasteiger partial charge is 0.423 e. The Balaban J connectivity index is 1.50. The highest BCUT2D eigenvalue weighted by Gasteiger charge is 2.65. The Hall–Kier alpha value is -2.09. The molecule has 1 aliphatic rings. The number of hydrogen-bond acceptors (Lipinski definition) is 2. The molecule has 0 saturated heterocycles. The number of ether oxygens (including phenoxy) is 1. The molecule has 3 rings (SSSR count). The molecule has 1 fully saturated rings. The van der Waals surface area contributed by atoms with E-state index in [0.29, 0.717) is 5.92 Å². The van der Waals surface area contributed by atoms with Gasteiger partial charge in [0.1, 0.15) is 10.6 Å². The normalized spacial score (nSPS) is 20.9. The van der Waals surface area contributed by atoms with Gasteiger partial charge in [-0.15, -0.1) is 0 Å². The molecule has 0 bridgehead atoms. The lowest BCUT2D eigenvalue weighted by Gasteiger charge is -2.40. The lowest BCUT2D eigenvalue weighted by molar-refractivity contribution is 0.0734. The number of benzene rings is 2. The van der Waals surface area contributed by atoms with E-state index in [-0.39, 0.29) is 23.4 Å². The van der Waals surface area contributed by atoms with E-state index >= 15 is 0 Å². The number of hydrogen-bond donors (Lipinski definition) is 0. The van der Waals surface area contributed by atoms with Gasteiger partial charge < -0.3 is 4.74 Å². The Labute approximate surface area is 198 Å². The van der Waals surface area contributed by atoms with Crippen LogP contribution in [0.2, 0.25) is 0 Å². The van der Waals surface area contributed by atoms with Crippen LogP contribution in [0.25, 0.3) is 0 Å². The standard InChI is InChI=1S/C26H33F5O2S/c1-2-3-4-5-6-7-20-8-10-21(11-9-20)22-12-14-23(15-13-22)26(32)33-24-16-18-25(19-17-24)34(27,28,29,30)31/h12-21H,2-11H2,1H3. The lowest BCUT2D eigenvalue weighted by Crippen LogP contribution is -2.14. The zero-order valence-corrected chi connectivity index (χ0v) is 20.3. The van der Waals surface area contributed by atoms with Crippen molar-refractivity contribution in [3.05, 3.63) is 59.7 Å². The Morgan fingerprint density at radius 1 is 0.824 bits per heavy atom. The molecule has 0 N–H and O–H groups in total. The third-order valence-electron chi connectivity index (χ3n) is 6.66. The van der Waals surface area contributed by atoms with E-state index in [1.807, 2.05) is 12.1 Å². The average molecular weight is 505 g/mol. The molecule has 1 aliphatic carbocycles. The number of carbonyl (C=O) groups excluding carboxylic acids is 1. The molecule has 0 heterocycles. The van der Waals surface area contributed by atoms with Crippen molar-refractivity contribution in [2.75, 3.05) is 0 Å². The summed E-state index contributed by atoms with van der Waals surface area (Å²) in [7, 11) is -9.75. The molecule has 34 heavy (non-hydrogen) atoms. The maximum Gasteiger partial charge on any atom is 0.343 e. The number of unbranched alkanes of at least 4 members (excludes halogenated alkanes) is 4. The fourth-order valence-electron chi connectivity index (χ4n) is 4.64. The van der Waals surface area contributed by atoms with Crippen molar-refractivity contribution in [2.24, 2.45) is 5.92 Å². The quantitative estimate of drug-likeness (QED) is 0.139. The lowest BCUT2D eigenvalue weighted by atomic mass is 9.77. The first-order valence-corrected chi connectivity index (χ1v) is 14.0. The van der Waals surface area contributed by atoms with Crippen molar-refractivity contribution >= 4 is 16.2 Å². The summed E-state index contributed by atoms with van der Waals surface area (Å²) in [6.07, 6.45) is 12.6. The van der Waals surface area contributed by atoms with Crippen LogP contribution in [-0.4, -0.2) is 5.97 Å². The van der Waals surface area contributed by atoms with E-state index in [1.165, 1.54) is 51.4 Å². The van der Waals surface area contributed by atoms with Gasteiger partial charge in [0.2, 0.25) is 0 Å². The minimum atomic E-state index is -9.75. The molecule has 0 amide bonds. The van der Waals surface area contributed by atoms with Crippen molar-refractivity contribution in [2.45, 2.75) is 81.9 Å². The van der Waals surface area contributed by atoms with E-state index in [4.69, 9.17) is 4.74 Å². The van der Waals surface area contributed by atoms with E-state index < -0.39 is 21.1 Å². The van der Waals surface area contributed by atoms with Crippen LogP contribution in [0.4, 0.5) is 19.4 Å². The second-order valence-corrected chi connectivity index (χ2v) is 11.8. The second kappa shape index (κ2) is 9.88. The van der Waals surface area contributed by atoms with E-state index in [9.17, 15) is 24.2 Å². The van der Waals surface area contributed by atoms with E-state index in [1.54, 1.807) is 12.1 Å². The third-order valence-corrected chi connectivity index (χ3v) is 7.82. The van der Waals surface area contributed by atoms with Gasteiger partial charge in [0.25, 0.3) is 0 Å². The molecule has 0 radical (unpaired) electrons. The van der Waals surface area contributed by atoms with Crippen LogP contribution in [0.1, 0.15) is 93.0 Å². The van der Waals surface area contributed by atoms with Crippen molar-refractivity contribution in [1.82, 2.24) is 0 Å². The first kappa shape index (κ1) is 26.5. The SMILES string of the molecule is CCCCCCCC1CCC(c2ccc(C(=O)Oc3ccc(S(F)(F)(F)(F)F)cc3)cc2)CC1. The molecule has 0 spiro atoms. The Morgan fingerprint density at radius 2 is 1.41 bits per heavy atom. The van der Waals surface area contributed by atoms with Crippen LogP contribution in [0.5, 0.6) is 5.75 Å². The van der Waals surface area contributed by atoms with Crippen LogP contribution in [0.15, 0.2) is 53.4 Å². The number of rotatable bonds is 10. The molecule has 190 valence electrons. The van der Waals surface area contributed by atoms with Gasteiger partial charge >= 0.3 is 16.2 Å². The van der Waals surface area contributed by atoms with Gasteiger partial charge in [-0.1, -0.05) is 77.0 Å². The number of carbonyl (C=O) groups is 1. The topological polar surface area (TPSA) is 26.3 Å². The predicted molar refractivity (Wildman–Crippen MR) is 127 cm³/mol. The van der Waals surface area contributed by atoms with Gasteiger partial charge in [-0.25, -0.2) is 4.79 Å². The molecule has 2 aromatic rings. The van der Waals surface area contributed by atoms with Crippen LogP contribution in [0, 0.1) is 5.92 Å². The average Bonchev–Trinajstić information content (AvgIpc) is 2.78. The summed E-state index contributed by atoms with van der Waals surface area (Å²) >= 11 is 0. The Bertz CT molecular complexity index is 948. The van der Waals surface area contributed by atoms with Crippen LogP contribution in [-0.2, 0) is 0 Å². The van der Waals surface area contributed by atoms with Crippen LogP contribution < -0.4 is 4.74 Å². The minimum absolute atomic E-state index is 0.229. The monoisotopic (exact) mass is 504 g/mol. The molecular formula is C26H33F5O2S. The highest BCUT2D eigenvalue weighted by atomic mass is 32.5. The minimum Gasteiger partial charge on any atom is -0.423 e. The fourth-order valence-corrected chi connectivity index (χ4v) is 5.29. The fraction of sp³-hybridized carbons (Fsp3) is 0.500. The predicted octanol–water partition coefficient (Wildman–Crippen LogP) is 10.2. The summed E-state index contributed by atoms with van der Waals surface area (Å²) in [4.78, 5) is 10.3. The van der Waals surface area contributed by atoms with Gasteiger partial charge in [0.05, 0.1) is 5.56 Å². The van der Waals surface area contributed by atoms with Gasteiger partial charge in [-0.2, -0.15) is 0 Å². The maximum absolute atomic E-state index is 12.8. The summed E-state index contributed by atoms with van der Waals surface area (Å²) < 4.78 is 69.1. The Kier molecular flexibility index (Phi) is 7.70. The molecule has 2 nitrogen and oxygen atoms in total. The molecule has 0 unspecified atom stereocenters. The number of esters is 1. The van der Waals surface area contributed by atoms with Crippen molar-refractivity contribution in [3.8, 4) is 5.75 Å². The summed E-state index contributed by atoms with van der Waals surface area (Å²) in [6.45, 7) is 2.22. The van der Waals surface area contributed by atoms with Crippen molar-refractivity contribution < 1.29 is 29.0 Å². The van der Waals surface area contributed by atoms with Gasteiger partial charge in [0.15, 0.2) is 0 Å². The zero-order chi connectivity index (χ0) is 24.9. The van der Waals surface area contributed by atoms with Gasteiger partial charge in [-0.3, -0.25) is 0 Å². The number of halogens is 5. The summed E-state index contributed by atoms with van der Waals surface area (Å²) in [6, 6.07) is 8.97. The first-order valence-electron chi connectivity index (χ1n) is 12.0. The summed E-state index contributed by atoms with van der Waals surface area (Å²) in [5, 5.41) is 0. The van der Waals surface area contributed by atoms with E-state index in [0.717, 1.165) is 36.5 Å². The molecule has 0 aromatic heterocycles. The highest BCUT2D eigenvalue weighted by molar-refractivity contribution is 8.45. The summed E-state index contributed by atoms with van der Waals surface area (Å²) in [5.41, 5.74) is 1.42. The smallest absolute Gasteiger partial charge is 0.343 e. The van der Waals surface area contributed by atoms with Crippen molar-refractivity contribution in [1.29, 1.82) is 0 Å². The van der Waals surface area contributed by atoms with Crippen molar-refractivity contribution in [3.63, 3.8) is 0 Å². The van der Waals surface area contributed by atoms with Gasteiger partial charge in [-0.05, 0) is 79.5 Å². The van der Waals surface area contributed by atoms with Crippen LogP contribution >= 0.6 is 10.2 Å². The van der Waals surface area contributed by atoms with Gasteiger partial charge in [0, 0.05) is 0 Å². The Morgan fingerprint density at radius 3 is 1.97 bits per heavy atom. The summed E-state index contributed by atoms with van der Waals surface area (Å²) in [5.74, 6) is 0.282. The molecule has 2 aromatic carbocycles. The zero-order valence-electron chi connectivity index (χ0n) is 19.5. The second-order valence-electron chi connectivity index (χ2n) is 9.37. The maximum atomic E-state index is 12.8. The molecule has 8 heteroatoms. The molecule has 0 aliphatic heterocycles. The molecular weight excluding hydrogens is 471 g/mol.